The molecule has 6 rings (SSSR count). The van der Waals surface area contributed by atoms with E-state index in [2.05, 4.69) is 175 Å². The van der Waals surface area contributed by atoms with Crippen molar-refractivity contribution in [3.05, 3.63) is 147 Å². The molecule has 0 bridgehead atoms. The Kier molecular flexibility index (Phi) is 31.0. The predicted octanol–water partition coefficient (Wildman–Crippen LogP) is -24.9. The highest BCUT2D eigenvalue weighted by Crippen LogP contribution is 2.17. The van der Waals surface area contributed by atoms with E-state index in [4.69, 9.17) is 112 Å². The molecule has 0 aliphatic rings. The van der Waals surface area contributed by atoms with E-state index >= 15 is 0 Å². The number of halogens is 6. The van der Waals surface area contributed by atoms with Crippen LogP contribution >= 0.6 is 0 Å². The monoisotopic (exact) mass is 1180 g/mol. The maximum Gasteiger partial charge on any atom is 0.169 e. The van der Waals surface area contributed by atoms with Gasteiger partial charge < -0.3 is 0 Å². The van der Waals surface area contributed by atoms with Crippen molar-refractivity contribution >= 4 is 0 Å². The van der Waals surface area contributed by atoms with Crippen LogP contribution in [0.2, 0.25) is 0 Å². The second-order valence-electron chi connectivity index (χ2n) is 13.8. The van der Waals surface area contributed by atoms with Gasteiger partial charge in [-0.05, 0) is 33.4 Å². The molecule has 6 heterocycles. The van der Waals surface area contributed by atoms with Crippen molar-refractivity contribution in [2.45, 2.75) is 39.0 Å². The second-order valence-corrected chi connectivity index (χ2v) is 18.3. The first-order valence-corrected chi connectivity index (χ1v) is 26.6. The Labute approximate surface area is 432 Å². The van der Waals surface area contributed by atoms with Crippen LogP contribution in [-0.2, 0) is 40.3 Å². The zero-order valence-electron chi connectivity index (χ0n) is 37.8. The lowest BCUT2D eigenvalue weighted by molar-refractivity contribution is -2.00. The van der Waals surface area contributed by atoms with Crippen molar-refractivity contribution in [1.82, 2.24) is 0 Å². The first-order valence-electron chi connectivity index (χ1n) is 19.2. The minimum Gasteiger partial charge on any atom is -0.222 e. The number of aryl methyl sites for hydroxylation is 6. The summed E-state index contributed by atoms with van der Waals surface area (Å²) in [4.78, 5) is 0. The molecule has 0 aliphatic carbocycles. The molecule has 74 heavy (non-hydrogen) atoms. The summed E-state index contributed by atoms with van der Waals surface area (Å²) in [7, 11) is -25.6. The van der Waals surface area contributed by atoms with E-state index in [0.29, 0.717) is 0 Å². The minimum absolute atomic E-state index is 0.991. The fraction of sp³-hybridized carbons (Fsp3) is 0.211. The molecule has 36 heteroatoms. The smallest absolute Gasteiger partial charge is 0.169 e. The third-order valence-corrected chi connectivity index (χ3v) is 8.19. The Bertz CT molecular complexity index is 2160. The van der Waals surface area contributed by atoms with Crippen molar-refractivity contribution in [3.8, 4) is 33.4 Å². The van der Waals surface area contributed by atoms with Crippen LogP contribution in [0.25, 0.3) is 33.4 Å². The van der Waals surface area contributed by atoms with Gasteiger partial charge in [0, 0.05) is 72.8 Å². The summed E-state index contributed by atoms with van der Waals surface area (Å²) in [6, 6.07) is 26.3. The van der Waals surface area contributed by atoms with E-state index in [9.17, 15) is 0 Å². The van der Waals surface area contributed by atoms with Crippen LogP contribution < -0.4 is 139 Å². The maximum atomic E-state index is 8.49. The summed E-state index contributed by atoms with van der Waals surface area (Å²) in [6.45, 7) is 3.97. The maximum absolute atomic E-state index is 8.49. The molecule has 0 aromatic carbocycles. The summed E-state index contributed by atoms with van der Waals surface area (Å²) in [5, 5.41) is 0. The van der Waals surface area contributed by atoms with Crippen LogP contribution in [-0.4, -0.2) is 0 Å². The van der Waals surface area contributed by atoms with Gasteiger partial charge >= 0.3 is 0 Å². The molecule has 0 spiro atoms. The lowest BCUT2D eigenvalue weighted by Crippen LogP contribution is -2.68. The standard InChI is InChI=1S/C38H42N6.6ClHO4/c1-39-21-5-33(6-22-39)35-9-25-41(26-10-35)17-3-19-43-29-13-37(14-30-43)38-15-31-44(32-16-38)20-4-18-42-27-11-36(12-28-42)34-7-23-40(2)24-8-34;6*2-1(3,4)5/h5-16,21-32H,3-4,17-20H2,1-2H3;6*(H,2,3,4,5)/q+6;;;;;;/p-6. The second kappa shape index (κ2) is 33.0. The number of aromatic nitrogens is 6. The molecule has 0 fully saturated rings. The summed E-state index contributed by atoms with van der Waals surface area (Å²) < 4.78 is 217. The highest BCUT2D eigenvalue weighted by atomic mass is 35.7. The van der Waals surface area contributed by atoms with Gasteiger partial charge in [-0.2, -0.15) is 0 Å². The van der Waals surface area contributed by atoms with Gasteiger partial charge in [-0.3, -0.25) is 0 Å². The Morgan fingerprint density at radius 3 is 0.459 bits per heavy atom. The molecule has 410 valence electrons. The van der Waals surface area contributed by atoms with Crippen molar-refractivity contribution in [2.75, 3.05) is 0 Å². The van der Waals surface area contributed by atoms with Crippen LogP contribution in [0.15, 0.2) is 147 Å². The van der Waals surface area contributed by atoms with E-state index < -0.39 is 61.5 Å². The molecule has 0 saturated carbocycles. The zero-order valence-corrected chi connectivity index (χ0v) is 42.4. The van der Waals surface area contributed by atoms with E-state index in [1.54, 1.807) is 0 Å². The fourth-order valence-electron chi connectivity index (χ4n) is 5.45. The van der Waals surface area contributed by atoms with Gasteiger partial charge in [-0.15, -0.1) is 61.5 Å². The molecule has 0 saturated heterocycles. The Hall–Kier alpha value is -4.32. The van der Waals surface area contributed by atoms with Gasteiger partial charge in [0.2, 0.25) is 0 Å². The van der Waals surface area contributed by atoms with Crippen molar-refractivity contribution in [1.29, 1.82) is 0 Å². The highest BCUT2D eigenvalue weighted by Gasteiger charge is 2.11. The first kappa shape index (κ1) is 69.7. The molecule has 0 aliphatic heterocycles. The molecular weight excluding hydrogens is 1140 g/mol. The summed E-state index contributed by atoms with van der Waals surface area (Å²) in [6.07, 6.45) is 28.0. The average molecular weight is 1180 g/mol. The molecule has 6 aromatic rings. The molecule has 0 N–H and O–H groups in total. The van der Waals surface area contributed by atoms with Crippen LogP contribution in [0.3, 0.4) is 0 Å². The summed E-state index contributed by atoms with van der Waals surface area (Å²) >= 11 is 0. The van der Waals surface area contributed by atoms with Crippen LogP contribution in [0.5, 0.6) is 0 Å². The normalized spacial score (nSPS) is 11.4. The molecule has 0 atom stereocenters. The molecular formula is C38H42Cl6N6O24. The van der Waals surface area contributed by atoms with Gasteiger partial charge in [0.15, 0.2) is 101 Å². The number of pyridine rings is 6. The highest BCUT2D eigenvalue weighted by molar-refractivity contribution is 5.62. The molecule has 0 unspecified atom stereocenters. The predicted molar refractivity (Wildman–Crippen MR) is 168 cm³/mol. The topological polar surface area (TPSA) is 577 Å². The summed E-state index contributed by atoms with van der Waals surface area (Å²) in [5.74, 6) is 0. The number of nitrogens with zero attached hydrogens (tertiary/aromatic N) is 6. The van der Waals surface area contributed by atoms with Gasteiger partial charge in [-0.1, -0.05) is 0 Å². The number of rotatable bonds is 11. The third kappa shape index (κ3) is 47.4. The van der Waals surface area contributed by atoms with Crippen molar-refractivity contribution in [2.24, 2.45) is 14.1 Å². The Morgan fingerprint density at radius 1 is 0.230 bits per heavy atom. The SMILES string of the molecule is C[n+]1ccc(-c2cc[n+](CCC[n+]3ccc(-c4cc[n+](CCC[n+]5ccc(-c6cc[n+](C)cc6)cc5)cc4)cc3)cc2)cc1.[O-][Cl+3]([O-])([O-])[O-].[O-][Cl+3]([O-])([O-])[O-].[O-][Cl+3]([O-])([O-])[O-].[O-][Cl+3]([O-])([O-])[O-].[O-][Cl+3]([O-])([O-])[O-].[O-][Cl+3]([O-])([O-])[O-]. The molecule has 0 amide bonds. The largest absolute Gasteiger partial charge is 0.222 e. The number of hydrogen-bond donors (Lipinski definition) is 0. The first-order chi connectivity index (χ1) is 33.6. The van der Waals surface area contributed by atoms with E-state index in [1.165, 1.54) is 33.4 Å². The average Bonchev–Trinajstić information content (AvgIpc) is 3.22. The third-order valence-electron chi connectivity index (χ3n) is 8.19. The molecule has 30 nitrogen and oxygen atoms in total. The molecule has 0 radical (unpaired) electrons. The number of hydrogen-bond acceptors (Lipinski definition) is 24. The van der Waals surface area contributed by atoms with Crippen molar-refractivity contribution < 1.29 is 201 Å². The van der Waals surface area contributed by atoms with Crippen LogP contribution in [0, 0.1) is 61.5 Å². The van der Waals surface area contributed by atoms with E-state index in [-0.39, 0.29) is 0 Å². The van der Waals surface area contributed by atoms with Crippen molar-refractivity contribution in [3.63, 3.8) is 0 Å². The lowest BCUT2D eigenvalue weighted by Gasteiger charge is -2.17. The molecule has 6 aromatic heterocycles. The van der Waals surface area contributed by atoms with E-state index in [1.807, 2.05) is 14.1 Å². The Morgan fingerprint density at radius 2 is 0.338 bits per heavy atom. The Balaban J connectivity index is 0.00000145. The van der Waals surface area contributed by atoms with Gasteiger partial charge in [0.1, 0.15) is 14.1 Å². The summed E-state index contributed by atoms with van der Waals surface area (Å²) in [5.41, 5.74) is 7.47. The van der Waals surface area contributed by atoms with Crippen LogP contribution in [0.1, 0.15) is 12.8 Å². The van der Waals surface area contributed by atoms with E-state index in [0.717, 1.165) is 39.0 Å². The van der Waals surface area contributed by atoms with Gasteiger partial charge in [0.05, 0.1) is 12.8 Å². The van der Waals surface area contributed by atoms with Gasteiger partial charge in [-0.25, -0.2) is 139 Å². The minimum atomic E-state index is -4.94. The van der Waals surface area contributed by atoms with Crippen LogP contribution in [0.4, 0.5) is 0 Å². The fourth-order valence-corrected chi connectivity index (χ4v) is 5.45. The quantitative estimate of drug-likeness (QED) is 0.109. The lowest BCUT2D eigenvalue weighted by atomic mass is 10.1. The zero-order chi connectivity index (χ0) is 57.1. The van der Waals surface area contributed by atoms with Gasteiger partial charge in [0.25, 0.3) is 0 Å².